The van der Waals surface area contributed by atoms with Crippen LogP contribution in [0, 0.1) is 17.0 Å². The number of carbonyl (C=O) groups excluding carboxylic acids is 1. The molecule has 2 aliphatic rings. The van der Waals surface area contributed by atoms with Crippen molar-refractivity contribution in [2.75, 3.05) is 49.5 Å². The fourth-order valence-corrected chi connectivity index (χ4v) is 4.20. The maximum atomic E-state index is 12.9. The van der Waals surface area contributed by atoms with Crippen LogP contribution in [0.5, 0.6) is 0 Å². The molecule has 1 unspecified atom stereocenters. The number of nitrogens with one attached hydrogen (secondary N) is 1. The van der Waals surface area contributed by atoms with Gasteiger partial charge in [0.05, 0.1) is 11.0 Å². The monoisotopic (exact) mass is 424 g/mol. The minimum Gasteiger partial charge on any atom is -0.377 e. The van der Waals surface area contributed by atoms with Gasteiger partial charge >= 0.3 is 0 Å². The molecule has 4 rings (SSSR count). The smallest absolute Gasteiger partial charge is 0.292 e. The second-order valence-corrected chi connectivity index (χ2v) is 8.07. The zero-order valence-electron chi connectivity index (χ0n) is 17.8. The number of benzene rings is 2. The summed E-state index contributed by atoms with van der Waals surface area (Å²) in [5, 5.41) is 14.7. The average molecular weight is 425 g/mol. The lowest BCUT2D eigenvalue weighted by molar-refractivity contribution is -0.383. The maximum Gasteiger partial charge on any atom is 0.292 e. The Kier molecular flexibility index (Phi) is 6.36. The van der Waals surface area contributed by atoms with Crippen LogP contribution in [0.2, 0.25) is 0 Å². The fourth-order valence-electron chi connectivity index (χ4n) is 4.20. The Morgan fingerprint density at radius 1 is 1.19 bits per heavy atom. The summed E-state index contributed by atoms with van der Waals surface area (Å²) in [4.78, 5) is 28.0. The number of piperazine rings is 1. The number of ether oxygens (including phenoxy) is 1. The highest BCUT2D eigenvalue weighted by atomic mass is 16.6. The van der Waals surface area contributed by atoms with Gasteiger partial charge in [0.1, 0.15) is 5.69 Å². The van der Waals surface area contributed by atoms with Gasteiger partial charge in [-0.25, -0.2) is 0 Å². The number of nitrogens with zero attached hydrogens (tertiary/aromatic N) is 3. The second-order valence-electron chi connectivity index (χ2n) is 8.07. The van der Waals surface area contributed by atoms with Crippen molar-refractivity contribution in [1.82, 2.24) is 4.90 Å². The Morgan fingerprint density at radius 3 is 2.65 bits per heavy atom. The molecule has 8 nitrogen and oxygen atoms in total. The van der Waals surface area contributed by atoms with Gasteiger partial charge in [-0.3, -0.25) is 14.9 Å². The Balaban J connectivity index is 1.42. The molecule has 1 amide bonds. The molecule has 2 aromatic rings. The molecule has 1 atom stereocenters. The van der Waals surface area contributed by atoms with Gasteiger partial charge in [0.25, 0.3) is 11.6 Å². The topological polar surface area (TPSA) is 88.0 Å². The van der Waals surface area contributed by atoms with Crippen molar-refractivity contribution >= 4 is 23.0 Å². The molecule has 2 heterocycles. The van der Waals surface area contributed by atoms with Crippen molar-refractivity contribution in [3.05, 3.63) is 63.7 Å². The summed E-state index contributed by atoms with van der Waals surface area (Å²) >= 11 is 0. The van der Waals surface area contributed by atoms with E-state index in [4.69, 9.17) is 4.74 Å². The number of hydrogen-bond donors (Lipinski definition) is 1. The van der Waals surface area contributed by atoms with Gasteiger partial charge in [0, 0.05) is 56.6 Å². The lowest BCUT2D eigenvalue weighted by Gasteiger charge is -2.36. The maximum absolute atomic E-state index is 12.9. The van der Waals surface area contributed by atoms with E-state index in [0.29, 0.717) is 38.4 Å². The minimum absolute atomic E-state index is 0.0559. The van der Waals surface area contributed by atoms with Crippen molar-refractivity contribution in [3.8, 4) is 0 Å². The zero-order chi connectivity index (χ0) is 21.8. The third-order valence-electron chi connectivity index (χ3n) is 6.03. The van der Waals surface area contributed by atoms with Crippen molar-refractivity contribution in [1.29, 1.82) is 0 Å². The predicted octanol–water partition coefficient (Wildman–Crippen LogP) is 3.46. The first-order chi connectivity index (χ1) is 15.0. The molecular formula is C23H28N4O4. The Bertz CT molecular complexity index is 950. The SMILES string of the molecule is Cc1ccccc1C(=O)N1CCN(c2ccc([N+](=O)[O-])c(NCC3CCCO3)c2)CC1. The van der Waals surface area contributed by atoms with E-state index in [-0.39, 0.29) is 22.6 Å². The lowest BCUT2D eigenvalue weighted by Crippen LogP contribution is -2.49. The van der Waals surface area contributed by atoms with Crippen LogP contribution in [0.3, 0.4) is 0 Å². The molecule has 0 radical (unpaired) electrons. The summed E-state index contributed by atoms with van der Waals surface area (Å²) in [6.45, 7) is 5.85. The van der Waals surface area contributed by atoms with Crippen LogP contribution in [-0.2, 0) is 4.74 Å². The molecule has 0 bridgehead atoms. The highest BCUT2D eigenvalue weighted by molar-refractivity contribution is 5.95. The third kappa shape index (κ3) is 4.80. The quantitative estimate of drug-likeness (QED) is 0.564. The number of carbonyl (C=O) groups is 1. The van der Waals surface area contributed by atoms with Crippen LogP contribution >= 0.6 is 0 Å². The van der Waals surface area contributed by atoms with E-state index in [1.807, 2.05) is 42.2 Å². The van der Waals surface area contributed by atoms with E-state index in [1.165, 1.54) is 0 Å². The molecule has 2 saturated heterocycles. The molecule has 164 valence electrons. The molecule has 0 aromatic heterocycles. The van der Waals surface area contributed by atoms with E-state index in [1.54, 1.807) is 12.1 Å². The Hall–Kier alpha value is -3.13. The van der Waals surface area contributed by atoms with Crippen LogP contribution in [0.4, 0.5) is 17.1 Å². The predicted molar refractivity (Wildman–Crippen MR) is 120 cm³/mol. The van der Waals surface area contributed by atoms with Gasteiger partial charge in [-0.1, -0.05) is 18.2 Å². The van der Waals surface area contributed by atoms with E-state index in [9.17, 15) is 14.9 Å². The standard InChI is InChI=1S/C23H28N4O4/c1-17-5-2-3-7-20(17)23(28)26-12-10-25(11-13-26)18-8-9-22(27(29)30)21(15-18)24-16-19-6-4-14-31-19/h2-3,5,7-9,15,19,24H,4,6,10-14,16H2,1H3. The molecule has 1 N–H and O–H groups in total. The van der Waals surface area contributed by atoms with Gasteiger partial charge in [-0.2, -0.15) is 0 Å². The Labute approximate surface area is 181 Å². The largest absolute Gasteiger partial charge is 0.377 e. The first-order valence-electron chi connectivity index (χ1n) is 10.8. The van der Waals surface area contributed by atoms with Crippen LogP contribution in [0.1, 0.15) is 28.8 Å². The molecule has 0 aliphatic carbocycles. The molecular weight excluding hydrogens is 396 g/mol. The molecule has 2 fully saturated rings. The number of aryl methyl sites for hydroxylation is 1. The summed E-state index contributed by atoms with van der Waals surface area (Å²) in [5.74, 6) is 0.0559. The zero-order valence-corrected chi connectivity index (χ0v) is 17.8. The van der Waals surface area contributed by atoms with Gasteiger partial charge in [0.15, 0.2) is 0 Å². The van der Waals surface area contributed by atoms with Gasteiger partial charge in [-0.15, -0.1) is 0 Å². The van der Waals surface area contributed by atoms with Crippen molar-refractivity contribution in [3.63, 3.8) is 0 Å². The number of nitro benzene ring substituents is 1. The van der Waals surface area contributed by atoms with Crippen LogP contribution < -0.4 is 10.2 Å². The van der Waals surface area contributed by atoms with Crippen molar-refractivity contribution < 1.29 is 14.5 Å². The normalized spacial score (nSPS) is 18.8. The highest BCUT2D eigenvalue weighted by Crippen LogP contribution is 2.31. The number of hydrogen-bond acceptors (Lipinski definition) is 6. The van der Waals surface area contributed by atoms with Gasteiger partial charge < -0.3 is 19.9 Å². The summed E-state index contributed by atoms with van der Waals surface area (Å²) < 4.78 is 5.62. The van der Waals surface area contributed by atoms with Crippen molar-refractivity contribution in [2.45, 2.75) is 25.9 Å². The number of anilines is 2. The number of rotatable bonds is 6. The Morgan fingerprint density at radius 2 is 1.97 bits per heavy atom. The average Bonchev–Trinajstić information content (AvgIpc) is 3.31. The molecule has 2 aromatic carbocycles. The molecule has 8 heteroatoms. The van der Waals surface area contributed by atoms with E-state index < -0.39 is 0 Å². The van der Waals surface area contributed by atoms with Gasteiger partial charge in [0.2, 0.25) is 0 Å². The summed E-state index contributed by atoms with van der Waals surface area (Å²) in [5.41, 5.74) is 3.22. The molecule has 0 spiro atoms. The highest BCUT2D eigenvalue weighted by Gasteiger charge is 2.25. The van der Waals surface area contributed by atoms with Crippen LogP contribution in [-0.4, -0.2) is 61.2 Å². The lowest BCUT2D eigenvalue weighted by atomic mass is 10.1. The number of nitro groups is 1. The molecule has 2 aliphatic heterocycles. The summed E-state index contributed by atoms with van der Waals surface area (Å²) in [6.07, 6.45) is 2.09. The molecule has 31 heavy (non-hydrogen) atoms. The van der Waals surface area contributed by atoms with Crippen molar-refractivity contribution in [2.24, 2.45) is 0 Å². The fraction of sp³-hybridized carbons (Fsp3) is 0.435. The summed E-state index contributed by atoms with van der Waals surface area (Å²) in [7, 11) is 0. The van der Waals surface area contributed by atoms with E-state index in [2.05, 4.69) is 10.2 Å². The van der Waals surface area contributed by atoms with Gasteiger partial charge in [-0.05, 0) is 43.5 Å². The van der Waals surface area contributed by atoms with E-state index in [0.717, 1.165) is 36.3 Å². The summed E-state index contributed by atoms with van der Waals surface area (Å²) in [6, 6.07) is 12.8. The first kappa shape index (κ1) is 21.1. The second kappa shape index (κ2) is 9.34. The minimum atomic E-state index is -0.361. The van der Waals surface area contributed by atoms with E-state index >= 15 is 0 Å². The van der Waals surface area contributed by atoms with Crippen LogP contribution in [0.25, 0.3) is 0 Å². The third-order valence-corrected chi connectivity index (χ3v) is 6.03. The first-order valence-corrected chi connectivity index (χ1v) is 10.8. The molecule has 0 saturated carbocycles. The number of amides is 1. The van der Waals surface area contributed by atoms with Crippen LogP contribution in [0.15, 0.2) is 42.5 Å².